The molecule has 2 aromatic rings. The first-order valence-electron chi connectivity index (χ1n) is 3.72. The lowest BCUT2D eigenvalue weighted by molar-refractivity contribution is 0.450. The summed E-state index contributed by atoms with van der Waals surface area (Å²) in [4.78, 5) is 0. The van der Waals surface area contributed by atoms with Crippen LogP contribution in [0.1, 0.15) is 11.3 Å². The van der Waals surface area contributed by atoms with Crippen LogP contribution in [0.4, 0.5) is 0 Å². The molecule has 0 radical (unpaired) electrons. The van der Waals surface area contributed by atoms with Crippen molar-refractivity contribution < 1.29 is 4.52 Å². The first-order valence-corrected chi connectivity index (χ1v) is 4.25. The number of aromatic nitrogens is 1. The van der Waals surface area contributed by atoms with Gasteiger partial charge in [0.25, 0.3) is 0 Å². The summed E-state index contributed by atoms with van der Waals surface area (Å²) in [5, 5.41) is 4.90. The Bertz CT molecular complexity index is 408. The molecule has 1 heterocycles. The monoisotopic (exact) mass is 181 g/mol. The third kappa shape index (κ3) is 1.08. The van der Waals surface area contributed by atoms with Crippen LogP contribution in [0.2, 0.25) is 0 Å². The van der Waals surface area contributed by atoms with Crippen molar-refractivity contribution in [2.45, 2.75) is 12.8 Å². The Balaban J connectivity index is 2.71. The highest BCUT2D eigenvalue weighted by Crippen LogP contribution is 2.19. The molecule has 12 heavy (non-hydrogen) atoms. The van der Waals surface area contributed by atoms with E-state index in [1.807, 2.05) is 25.1 Å². The molecule has 0 atom stereocenters. The summed E-state index contributed by atoms with van der Waals surface area (Å²) in [6.07, 6.45) is 0. The molecule has 2 nitrogen and oxygen atoms in total. The highest BCUT2D eigenvalue weighted by atomic mass is 35.5. The van der Waals surface area contributed by atoms with Gasteiger partial charge in [-0.1, -0.05) is 11.2 Å². The lowest BCUT2D eigenvalue weighted by Gasteiger charge is -1.92. The molecule has 0 unspecified atom stereocenters. The van der Waals surface area contributed by atoms with Gasteiger partial charge in [-0.2, -0.15) is 0 Å². The van der Waals surface area contributed by atoms with Crippen molar-refractivity contribution in [1.29, 1.82) is 0 Å². The van der Waals surface area contributed by atoms with Crippen LogP contribution in [-0.2, 0) is 5.88 Å². The Morgan fingerprint density at radius 2 is 2.33 bits per heavy atom. The number of hydrogen-bond donors (Lipinski definition) is 0. The number of benzene rings is 1. The molecule has 0 amide bonds. The fourth-order valence-corrected chi connectivity index (χ4v) is 1.36. The normalized spacial score (nSPS) is 10.8. The van der Waals surface area contributed by atoms with Crippen LogP contribution < -0.4 is 0 Å². The lowest BCUT2D eigenvalue weighted by Crippen LogP contribution is -1.76. The molecule has 2 rings (SSSR count). The van der Waals surface area contributed by atoms with Crippen LogP contribution in [0.25, 0.3) is 11.0 Å². The molecule has 1 aromatic heterocycles. The van der Waals surface area contributed by atoms with Gasteiger partial charge in [0.2, 0.25) is 0 Å². The summed E-state index contributed by atoms with van der Waals surface area (Å²) >= 11 is 5.70. The molecule has 0 saturated carbocycles. The van der Waals surface area contributed by atoms with Gasteiger partial charge in [-0.05, 0) is 24.6 Å². The van der Waals surface area contributed by atoms with E-state index < -0.39 is 0 Å². The van der Waals surface area contributed by atoms with Gasteiger partial charge in [-0.25, -0.2) is 0 Å². The Hall–Kier alpha value is -1.02. The highest BCUT2D eigenvalue weighted by Gasteiger charge is 2.03. The Morgan fingerprint density at radius 1 is 1.50 bits per heavy atom. The van der Waals surface area contributed by atoms with Crippen molar-refractivity contribution in [2.24, 2.45) is 0 Å². The summed E-state index contributed by atoms with van der Waals surface area (Å²) < 4.78 is 5.06. The van der Waals surface area contributed by atoms with Gasteiger partial charge in [0.1, 0.15) is 0 Å². The van der Waals surface area contributed by atoms with Crippen molar-refractivity contribution in [2.75, 3.05) is 0 Å². The molecule has 0 aliphatic carbocycles. The molecule has 3 heteroatoms. The lowest BCUT2D eigenvalue weighted by atomic mass is 10.1. The topological polar surface area (TPSA) is 26.0 Å². The van der Waals surface area contributed by atoms with E-state index in [2.05, 4.69) is 5.16 Å². The van der Waals surface area contributed by atoms with Gasteiger partial charge in [0.15, 0.2) is 5.58 Å². The van der Waals surface area contributed by atoms with Crippen LogP contribution >= 0.6 is 11.6 Å². The van der Waals surface area contributed by atoms with E-state index >= 15 is 0 Å². The first-order chi connectivity index (χ1) is 5.81. The number of aryl methyl sites for hydroxylation is 1. The Kier molecular flexibility index (Phi) is 1.77. The second kappa shape index (κ2) is 2.79. The van der Waals surface area contributed by atoms with Crippen molar-refractivity contribution in [3.05, 3.63) is 29.5 Å². The minimum absolute atomic E-state index is 0.528. The molecule has 62 valence electrons. The second-order valence-corrected chi connectivity index (χ2v) is 3.00. The number of nitrogens with zero attached hydrogens (tertiary/aromatic N) is 1. The number of fused-ring (bicyclic) bond motifs is 1. The maximum atomic E-state index is 5.70. The van der Waals surface area contributed by atoms with Gasteiger partial charge >= 0.3 is 0 Å². The van der Waals surface area contributed by atoms with E-state index in [9.17, 15) is 0 Å². The van der Waals surface area contributed by atoms with E-state index in [0.717, 1.165) is 22.2 Å². The second-order valence-electron chi connectivity index (χ2n) is 2.73. The summed E-state index contributed by atoms with van der Waals surface area (Å²) in [5.41, 5.74) is 2.83. The van der Waals surface area contributed by atoms with E-state index in [1.54, 1.807) is 0 Å². The zero-order valence-electron chi connectivity index (χ0n) is 6.67. The Morgan fingerprint density at radius 3 is 3.08 bits per heavy atom. The van der Waals surface area contributed by atoms with Crippen molar-refractivity contribution in [3.63, 3.8) is 0 Å². The zero-order valence-corrected chi connectivity index (χ0v) is 7.43. The maximum absolute atomic E-state index is 5.70. The average molecular weight is 182 g/mol. The third-order valence-corrected chi connectivity index (χ3v) is 2.18. The first kappa shape index (κ1) is 7.62. The molecular weight excluding hydrogens is 174 g/mol. The quantitative estimate of drug-likeness (QED) is 0.633. The summed E-state index contributed by atoms with van der Waals surface area (Å²) in [5.74, 6) is 0.528. The SMILES string of the molecule is Cc1noc2ccc(CCl)cc12. The number of hydrogen-bond acceptors (Lipinski definition) is 2. The van der Waals surface area contributed by atoms with Crippen LogP contribution in [0.15, 0.2) is 22.7 Å². The summed E-state index contributed by atoms with van der Waals surface area (Å²) in [6.45, 7) is 1.92. The van der Waals surface area contributed by atoms with E-state index in [1.165, 1.54) is 0 Å². The van der Waals surface area contributed by atoms with Crippen molar-refractivity contribution in [1.82, 2.24) is 5.16 Å². The fourth-order valence-electron chi connectivity index (χ4n) is 1.19. The largest absolute Gasteiger partial charge is 0.356 e. The highest BCUT2D eigenvalue weighted by molar-refractivity contribution is 6.17. The smallest absolute Gasteiger partial charge is 0.167 e. The standard InChI is InChI=1S/C9H8ClNO/c1-6-8-4-7(5-10)2-3-9(8)12-11-6/h2-4H,5H2,1H3. The predicted molar refractivity (Wildman–Crippen MR) is 48.3 cm³/mol. The number of alkyl halides is 1. The molecule has 0 spiro atoms. The van der Waals surface area contributed by atoms with Crippen LogP contribution in [0.3, 0.4) is 0 Å². The molecule has 0 saturated heterocycles. The molecule has 0 aliphatic heterocycles. The number of rotatable bonds is 1. The molecule has 0 bridgehead atoms. The average Bonchev–Trinajstić information content (AvgIpc) is 2.47. The summed E-state index contributed by atoms with van der Waals surface area (Å²) in [7, 11) is 0. The molecule has 0 N–H and O–H groups in total. The Labute approximate surface area is 75.1 Å². The van der Waals surface area contributed by atoms with Crippen LogP contribution in [0, 0.1) is 6.92 Å². The van der Waals surface area contributed by atoms with E-state index in [-0.39, 0.29) is 0 Å². The maximum Gasteiger partial charge on any atom is 0.167 e. The zero-order chi connectivity index (χ0) is 8.55. The third-order valence-electron chi connectivity index (χ3n) is 1.87. The van der Waals surface area contributed by atoms with E-state index in [4.69, 9.17) is 16.1 Å². The van der Waals surface area contributed by atoms with Gasteiger partial charge in [-0.3, -0.25) is 0 Å². The molecule has 1 aromatic carbocycles. The molecule has 0 fully saturated rings. The molecule has 0 aliphatic rings. The van der Waals surface area contributed by atoms with Crippen LogP contribution in [0.5, 0.6) is 0 Å². The number of halogens is 1. The van der Waals surface area contributed by atoms with Gasteiger partial charge < -0.3 is 4.52 Å². The van der Waals surface area contributed by atoms with Crippen molar-refractivity contribution >= 4 is 22.6 Å². The molecular formula is C9H8ClNO. The summed E-state index contributed by atoms with van der Waals surface area (Å²) in [6, 6.07) is 5.85. The minimum Gasteiger partial charge on any atom is -0.356 e. The predicted octanol–water partition coefficient (Wildman–Crippen LogP) is 2.88. The van der Waals surface area contributed by atoms with Gasteiger partial charge in [0.05, 0.1) is 5.69 Å². The fraction of sp³-hybridized carbons (Fsp3) is 0.222. The van der Waals surface area contributed by atoms with Gasteiger partial charge in [-0.15, -0.1) is 11.6 Å². The van der Waals surface area contributed by atoms with Crippen molar-refractivity contribution in [3.8, 4) is 0 Å². The van der Waals surface area contributed by atoms with Gasteiger partial charge in [0, 0.05) is 11.3 Å². The van der Waals surface area contributed by atoms with Crippen LogP contribution in [-0.4, -0.2) is 5.16 Å². The van der Waals surface area contributed by atoms with E-state index in [0.29, 0.717) is 5.88 Å². The minimum atomic E-state index is 0.528.